The van der Waals surface area contributed by atoms with Gasteiger partial charge in [-0.05, 0) is 31.9 Å². The zero-order valence-electron chi connectivity index (χ0n) is 12.2. The van der Waals surface area contributed by atoms with Gasteiger partial charge in [-0.3, -0.25) is 0 Å². The molecule has 1 N–H and O–H groups in total. The Labute approximate surface area is 120 Å². The van der Waals surface area contributed by atoms with Crippen LogP contribution in [0.25, 0.3) is 0 Å². The van der Waals surface area contributed by atoms with Gasteiger partial charge < -0.3 is 10.0 Å². The van der Waals surface area contributed by atoms with Crippen LogP contribution in [0.3, 0.4) is 0 Å². The number of aliphatic hydroxyl groups is 1. The molecule has 1 unspecified atom stereocenters. The lowest BCUT2D eigenvalue weighted by molar-refractivity contribution is 0.274. The Bertz CT molecular complexity index is 537. The monoisotopic (exact) mass is 271 g/mol. The molecule has 2 aromatic rings. The zero-order chi connectivity index (χ0) is 14.5. The van der Waals surface area contributed by atoms with E-state index < -0.39 is 0 Å². The van der Waals surface area contributed by atoms with Crippen molar-refractivity contribution in [1.82, 2.24) is 9.97 Å². The maximum Gasteiger partial charge on any atom is 0.226 e. The van der Waals surface area contributed by atoms with Gasteiger partial charge in [0.1, 0.15) is 0 Å². The molecule has 0 fully saturated rings. The van der Waals surface area contributed by atoms with Gasteiger partial charge in [0.2, 0.25) is 5.95 Å². The van der Waals surface area contributed by atoms with Crippen molar-refractivity contribution >= 4 is 5.95 Å². The summed E-state index contributed by atoms with van der Waals surface area (Å²) < 4.78 is 0. The van der Waals surface area contributed by atoms with Crippen LogP contribution in [0.15, 0.2) is 36.4 Å². The zero-order valence-corrected chi connectivity index (χ0v) is 12.2. The van der Waals surface area contributed by atoms with E-state index in [0.717, 1.165) is 17.0 Å². The van der Waals surface area contributed by atoms with E-state index in [1.807, 2.05) is 50.1 Å². The average Bonchev–Trinajstić information content (AvgIpc) is 2.44. The number of aryl methyl sites for hydroxylation is 2. The summed E-state index contributed by atoms with van der Waals surface area (Å²) in [5.41, 5.74) is 3.07. The standard InChI is InChI=1S/C16H21N3O/c1-12-11-13(2)18-16(17-12)19(3)15(9-10-20)14-7-5-4-6-8-14/h4-8,11,15,20H,9-10H2,1-3H3. The molecule has 0 bridgehead atoms. The lowest BCUT2D eigenvalue weighted by atomic mass is 10.0. The van der Waals surface area contributed by atoms with Gasteiger partial charge in [0.15, 0.2) is 0 Å². The van der Waals surface area contributed by atoms with E-state index in [0.29, 0.717) is 12.4 Å². The fourth-order valence-electron chi connectivity index (χ4n) is 2.39. The van der Waals surface area contributed by atoms with Crippen molar-refractivity contribution in [3.63, 3.8) is 0 Å². The normalized spacial score (nSPS) is 12.2. The van der Waals surface area contributed by atoms with Gasteiger partial charge in [0.05, 0.1) is 6.04 Å². The topological polar surface area (TPSA) is 49.2 Å². The maximum absolute atomic E-state index is 9.34. The Morgan fingerprint density at radius 1 is 1.10 bits per heavy atom. The second kappa shape index (κ2) is 6.48. The third-order valence-electron chi connectivity index (χ3n) is 3.34. The van der Waals surface area contributed by atoms with Gasteiger partial charge in [-0.1, -0.05) is 30.3 Å². The minimum atomic E-state index is 0.0717. The summed E-state index contributed by atoms with van der Waals surface area (Å²) in [4.78, 5) is 11.0. The van der Waals surface area contributed by atoms with Crippen molar-refractivity contribution in [1.29, 1.82) is 0 Å². The fraction of sp³-hybridized carbons (Fsp3) is 0.375. The molecular weight excluding hydrogens is 250 g/mol. The summed E-state index contributed by atoms with van der Waals surface area (Å²) in [6.45, 7) is 4.07. The highest BCUT2D eigenvalue weighted by atomic mass is 16.3. The largest absolute Gasteiger partial charge is 0.396 e. The van der Waals surface area contributed by atoms with Crippen LogP contribution in [0, 0.1) is 13.8 Å². The molecule has 0 spiro atoms. The van der Waals surface area contributed by atoms with E-state index in [-0.39, 0.29) is 12.6 Å². The molecule has 4 nitrogen and oxygen atoms in total. The molecule has 0 aliphatic carbocycles. The van der Waals surface area contributed by atoms with Crippen LogP contribution in [0.2, 0.25) is 0 Å². The quantitative estimate of drug-likeness (QED) is 0.908. The molecule has 20 heavy (non-hydrogen) atoms. The number of nitrogens with zero attached hydrogens (tertiary/aromatic N) is 3. The number of anilines is 1. The van der Waals surface area contributed by atoms with Crippen LogP contribution < -0.4 is 4.90 Å². The molecule has 0 saturated heterocycles. The molecule has 1 heterocycles. The van der Waals surface area contributed by atoms with Gasteiger partial charge in [-0.2, -0.15) is 0 Å². The SMILES string of the molecule is Cc1cc(C)nc(N(C)C(CCO)c2ccccc2)n1. The van der Waals surface area contributed by atoms with Crippen molar-refractivity contribution in [2.45, 2.75) is 26.3 Å². The summed E-state index contributed by atoms with van der Waals surface area (Å²) in [5.74, 6) is 0.699. The lowest BCUT2D eigenvalue weighted by Crippen LogP contribution is -2.27. The minimum absolute atomic E-state index is 0.0717. The molecule has 106 valence electrons. The molecule has 0 aliphatic rings. The summed E-state index contributed by atoms with van der Waals surface area (Å²) in [7, 11) is 1.97. The summed E-state index contributed by atoms with van der Waals surface area (Å²) in [5, 5.41) is 9.34. The molecule has 1 atom stereocenters. The number of rotatable bonds is 5. The van der Waals surface area contributed by atoms with E-state index >= 15 is 0 Å². The number of aromatic nitrogens is 2. The van der Waals surface area contributed by atoms with Crippen LogP contribution in [0.5, 0.6) is 0 Å². The highest BCUT2D eigenvalue weighted by molar-refractivity contribution is 5.36. The summed E-state index contributed by atoms with van der Waals surface area (Å²) in [6, 6.07) is 12.2. The van der Waals surface area contributed by atoms with E-state index in [4.69, 9.17) is 0 Å². The Morgan fingerprint density at radius 2 is 1.70 bits per heavy atom. The number of aliphatic hydroxyl groups excluding tert-OH is 1. The van der Waals surface area contributed by atoms with Crippen LogP contribution in [-0.2, 0) is 0 Å². The van der Waals surface area contributed by atoms with Crippen molar-refractivity contribution in [2.75, 3.05) is 18.6 Å². The Kier molecular flexibility index (Phi) is 4.69. The minimum Gasteiger partial charge on any atom is -0.396 e. The first-order chi connectivity index (χ1) is 9.61. The maximum atomic E-state index is 9.34. The number of hydrogen-bond donors (Lipinski definition) is 1. The van der Waals surface area contributed by atoms with Crippen LogP contribution >= 0.6 is 0 Å². The Morgan fingerprint density at radius 3 is 2.25 bits per heavy atom. The summed E-state index contributed by atoms with van der Waals surface area (Å²) in [6.07, 6.45) is 0.650. The molecule has 4 heteroatoms. The third kappa shape index (κ3) is 3.33. The predicted octanol–water partition coefficient (Wildman–Crippen LogP) is 2.65. The van der Waals surface area contributed by atoms with Crippen LogP contribution in [0.4, 0.5) is 5.95 Å². The smallest absolute Gasteiger partial charge is 0.226 e. The first-order valence-corrected chi connectivity index (χ1v) is 6.82. The van der Waals surface area contributed by atoms with Crippen molar-refractivity contribution in [3.8, 4) is 0 Å². The Balaban J connectivity index is 2.33. The average molecular weight is 271 g/mol. The molecule has 0 amide bonds. The number of hydrogen-bond acceptors (Lipinski definition) is 4. The second-order valence-corrected chi connectivity index (χ2v) is 5.00. The van der Waals surface area contributed by atoms with Gasteiger partial charge in [-0.25, -0.2) is 9.97 Å². The van der Waals surface area contributed by atoms with Crippen molar-refractivity contribution in [2.24, 2.45) is 0 Å². The van der Waals surface area contributed by atoms with Crippen molar-refractivity contribution in [3.05, 3.63) is 53.3 Å². The molecule has 1 aromatic heterocycles. The molecule has 0 radical (unpaired) electrons. The molecule has 0 saturated carbocycles. The lowest BCUT2D eigenvalue weighted by Gasteiger charge is -2.28. The molecule has 2 rings (SSSR count). The highest BCUT2D eigenvalue weighted by Crippen LogP contribution is 2.26. The number of benzene rings is 1. The first kappa shape index (κ1) is 14.5. The Hall–Kier alpha value is -1.94. The van der Waals surface area contributed by atoms with Crippen molar-refractivity contribution < 1.29 is 5.11 Å². The van der Waals surface area contributed by atoms with Gasteiger partial charge in [0, 0.05) is 25.0 Å². The highest BCUT2D eigenvalue weighted by Gasteiger charge is 2.19. The molecule has 0 aliphatic heterocycles. The molecule has 1 aromatic carbocycles. The first-order valence-electron chi connectivity index (χ1n) is 6.82. The van der Waals surface area contributed by atoms with E-state index in [9.17, 15) is 5.11 Å². The predicted molar refractivity (Wildman–Crippen MR) is 80.8 cm³/mol. The van der Waals surface area contributed by atoms with Gasteiger partial charge >= 0.3 is 0 Å². The molecular formula is C16H21N3O. The van der Waals surface area contributed by atoms with Crippen LogP contribution in [0.1, 0.15) is 29.4 Å². The van der Waals surface area contributed by atoms with Gasteiger partial charge in [0.25, 0.3) is 0 Å². The second-order valence-electron chi connectivity index (χ2n) is 5.00. The fourth-order valence-corrected chi connectivity index (χ4v) is 2.39. The van der Waals surface area contributed by atoms with Gasteiger partial charge in [-0.15, -0.1) is 0 Å². The van der Waals surface area contributed by atoms with E-state index in [1.165, 1.54) is 0 Å². The summed E-state index contributed by atoms with van der Waals surface area (Å²) >= 11 is 0. The van der Waals surface area contributed by atoms with E-state index in [2.05, 4.69) is 22.1 Å². The third-order valence-corrected chi connectivity index (χ3v) is 3.34. The van der Waals surface area contributed by atoms with Crippen LogP contribution in [-0.4, -0.2) is 28.7 Å². The van der Waals surface area contributed by atoms with E-state index in [1.54, 1.807) is 0 Å².